The first-order valence-corrected chi connectivity index (χ1v) is 4.65. The highest BCUT2D eigenvalue weighted by Crippen LogP contribution is 2.08. The number of rotatable bonds is 0. The molecule has 0 amide bonds. The van der Waals surface area contributed by atoms with Crippen molar-refractivity contribution in [1.82, 2.24) is 14.4 Å². The molecule has 0 aliphatic carbocycles. The molecular weight excluding hydrogens is 254 g/mol. The Morgan fingerprint density at radius 2 is 2.31 bits per heavy atom. The SMILES string of the molecule is O=c1[nH]c(=S)nc2ccc(Br)cn12. The van der Waals surface area contributed by atoms with Gasteiger partial charge in [-0.25, -0.2) is 9.78 Å². The molecule has 0 fully saturated rings. The zero-order valence-corrected chi connectivity index (χ0v) is 8.72. The van der Waals surface area contributed by atoms with E-state index >= 15 is 0 Å². The van der Waals surface area contributed by atoms with Crippen LogP contribution in [0.15, 0.2) is 27.6 Å². The van der Waals surface area contributed by atoms with Crippen LogP contribution in [0.2, 0.25) is 0 Å². The summed E-state index contributed by atoms with van der Waals surface area (Å²) in [5.74, 6) is 0. The Kier molecular flexibility index (Phi) is 2.01. The number of pyridine rings is 1. The summed E-state index contributed by atoms with van der Waals surface area (Å²) in [6.45, 7) is 0. The van der Waals surface area contributed by atoms with Crippen molar-refractivity contribution in [2.45, 2.75) is 0 Å². The second kappa shape index (κ2) is 3.04. The smallest absolute Gasteiger partial charge is 0.282 e. The van der Waals surface area contributed by atoms with Gasteiger partial charge in [-0.1, -0.05) is 0 Å². The minimum atomic E-state index is -0.281. The first kappa shape index (κ1) is 8.58. The van der Waals surface area contributed by atoms with Gasteiger partial charge in [0.1, 0.15) is 5.65 Å². The van der Waals surface area contributed by atoms with Crippen molar-refractivity contribution in [2.75, 3.05) is 0 Å². The van der Waals surface area contributed by atoms with Crippen LogP contribution in [0.25, 0.3) is 5.65 Å². The van der Waals surface area contributed by atoms with E-state index in [4.69, 9.17) is 12.2 Å². The Morgan fingerprint density at radius 3 is 3.08 bits per heavy atom. The summed E-state index contributed by atoms with van der Waals surface area (Å²) in [7, 11) is 0. The molecule has 2 rings (SSSR count). The number of fused-ring (bicyclic) bond motifs is 1. The highest BCUT2D eigenvalue weighted by Gasteiger charge is 1.97. The van der Waals surface area contributed by atoms with Crippen LogP contribution in [-0.2, 0) is 0 Å². The maximum Gasteiger partial charge on any atom is 0.333 e. The van der Waals surface area contributed by atoms with E-state index in [0.717, 1.165) is 4.47 Å². The van der Waals surface area contributed by atoms with Crippen LogP contribution >= 0.6 is 28.1 Å². The molecule has 0 bridgehead atoms. The Hall–Kier alpha value is -1.01. The van der Waals surface area contributed by atoms with Crippen LogP contribution in [0.3, 0.4) is 0 Å². The van der Waals surface area contributed by atoms with Gasteiger partial charge in [-0.3, -0.25) is 9.38 Å². The van der Waals surface area contributed by atoms with Gasteiger partial charge in [-0.2, -0.15) is 0 Å². The number of halogens is 1. The minimum absolute atomic E-state index is 0.201. The zero-order chi connectivity index (χ0) is 9.42. The van der Waals surface area contributed by atoms with Crippen LogP contribution in [0, 0.1) is 4.77 Å². The number of hydrogen-bond donors (Lipinski definition) is 1. The Balaban J connectivity index is 3.04. The van der Waals surface area contributed by atoms with Crippen LogP contribution in [-0.4, -0.2) is 14.4 Å². The molecule has 0 unspecified atom stereocenters. The van der Waals surface area contributed by atoms with Crippen LogP contribution < -0.4 is 5.69 Å². The third-order valence-electron chi connectivity index (χ3n) is 1.54. The highest BCUT2D eigenvalue weighted by atomic mass is 79.9. The van der Waals surface area contributed by atoms with Crippen molar-refractivity contribution in [3.8, 4) is 0 Å². The maximum absolute atomic E-state index is 11.3. The lowest BCUT2D eigenvalue weighted by atomic mass is 10.5. The van der Waals surface area contributed by atoms with Gasteiger partial charge in [-0.15, -0.1) is 0 Å². The van der Waals surface area contributed by atoms with E-state index in [-0.39, 0.29) is 10.5 Å². The molecule has 2 heterocycles. The van der Waals surface area contributed by atoms with Gasteiger partial charge in [0.15, 0.2) is 0 Å². The second-order valence-electron chi connectivity index (χ2n) is 2.42. The van der Waals surface area contributed by atoms with E-state index in [2.05, 4.69) is 25.9 Å². The van der Waals surface area contributed by atoms with E-state index in [1.54, 1.807) is 18.3 Å². The zero-order valence-electron chi connectivity index (χ0n) is 6.32. The van der Waals surface area contributed by atoms with Crippen molar-refractivity contribution in [2.24, 2.45) is 0 Å². The van der Waals surface area contributed by atoms with Crippen LogP contribution in [0.1, 0.15) is 0 Å². The monoisotopic (exact) mass is 257 g/mol. The summed E-state index contributed by atoms with van der Waals surface area (Å²) < 4.78 is 2.40. The Labute approximate surface area is 86.4 Å². The fraction of sp³-hybridized carbons (Fsp3) is 0. The first-order valence-electron chi connectivity index (χ1n) is 3.45. The molecule has 4 nitrogen and oxygen atoms in total. The van der Waals surface area contributed by atoms with Crippen LogP contribution in [0.5, 0.6) is 0 Å². The number of H-pyrrole nitrogens is 1. The predicted molar refractivity (Wildman–Crippen MR) is 54.3 cm³/mol. The lowest BCUT2D eigenvalue weighted by Gasteiger charge is -1.98. The van der Waals surface area contributed by atoms with Gasteiger partial charge in [0.2, 0.25) is 4.77 Å². The number of hydrogen-bond acceptors (Lipinski definition) is 3. The highest BCUT2D eigenvalue weighted by molar-refractivity contribution is 9.10. The van der Waals surface area contributed by atoms with Gasteiger partial charge in [0.25, 0.3) is 0 Å². The fourth-order valence-corrected chi connectivity index (χ4v) is 1.52. The van der Waals surface area contributed by atoms with Crippen molar-refractivity contribution < 1.29 is 0 Å². The molecular formula is C7H4BrN3OS. The van der Waals surface area contributed by atoms with Gasteiger partial charge >= 0.3 is 5.69 Å². The lowest BCUT2D eigenvalue weighted by molar-refractivity contribution is 0.924. The summed E-state index contributed by atoms with van der Waals surface area (Å²) >= 11 is 8.03. The summed E-state index contributed by atoms with van der Waals surface area (Å²) in [5, 5.41) is 0. The van der Waals surface area contributed by atoms with Crippen molar-refractivity contribution >= 4 is 33.8 Å². The van der Waals surface area contributed by atoms with E-state index in [1.165, 1.54) is 4.40 Å². The van der Waals surface area contributed by atoms with Crippen molar-refractivity contribution in [3.63, 3.8) is 0 Å². The van der Waals surface area contributed by atoms with Gasteiger partial charge in [0.05, 0.1) is 0 Å². The molecule has 6 heteroatoms. The largest absolute Gasteiger partial charge is 0.333 e. The maximum atomic E-state index is 11.3. The normalized spacial score (nSPS) is 10.5. The summed E-state index contributed by atoms with van der Waals surface area (Å²) in [5.41, 5.74) is 0.258. The van der Waals surface area contributed by atoms with Gasteiger partial charge in [-0.05, 0) is 40.3 Å². The molecule has 1 N–H and O–H groups in total. The molecule has 13 heavy (non-hydrogen) atoms. The second-order valence-corrected chi connectivity index (χ2v) is 3.73. The average Bonchev–Trinajstić information content (AvgIpc) is 2.06. The van der Waals surface area contributed by atoms with E-state index < -0.39 is 0 Å². The molecule has 0 aromatic carbocycles. The summed E-state index contributed by atoms with van der Waals surface area (Å²) in [4.78, 5) is 17.7. The molecule has 0 aliphatic rings. The van der Waals surface area contributed by atoms with Gasteiger partial charge < -0.3 is 0 Å². The van der Waals surface area contributed by atoms with Crippen LogP contribution in [0.4, 0.5) is 0 Å². The predicted octanol–water partition coefficient (Wildman–Crippen LogP) is 1.51. The lowest BCUT2D eigenvalue weighted by Crippen LogP contribution is -2.17. The van der Waals surface area contributed by atoms with Crippen molar-refractivity contribution in [1.29, 1.82) is 0 Å². The quantitative estimate of drug-likeness (QED) is 0.729. The molecule has 66 valence electrons. The average molecular weight is 258 g/mol. The Bertz CT molecular complexity index is 574. The minimum Gasteiger partial charge on any atom is -0.282 e. The number of aromatic amines is 1. The third-order valence-corrected chi connectivity index (χ3v) is 2.20. The first-order chi connectivity index (χ1) is 6.16. The molecule has 2 aromatic rings. The number of aromatic nitrogens is 3. The van der Waals surface area contributed by atoms with Crippen molar-refractivity contribution in [3.05, 3.63) is 38.1 Å². The topological polar surface area (TPSA) is 50.2 Å². The standard InChI is InChI=1S/C7H4BrN3OS/c8-4-1-2-5-9-6(13)10-7(12)11(5)3-4/h1-3H,(H,10,12,13). The molecule has 0 spiro atoms. The number of nitrogens with one attached hydrogen (secondary N) is 1. The number of nitrogens with zero attached hydrogens (tertiary/aromatic N) is 2. The van der Waals surface area contributed by atoms with E-state index in [9.17, 15) is 4.79 Å². The molecule has 0 saturated carbocycles. The van der Waals surface area contributed by atoms with Gasteiger partial charge in [0, 0.05) is 10.7 Å². The third kappa shape index (κ3) is 1.54. The summed E-state index contributed by atoms with van der Waals surface area (Å²) in [6, 6.07) is 3.52. The molecule has 0 radical (unpaired) electrons. The fourth-order valence-electron chi connectivity index (χ4n) is 1.00. The van der Waals surface area contributed by atoms with E-state index in [0.29, 0.717) is 5.65 Å². The molecule has 0 atom stereocenters. The van der Waals surface area contributed by atoms with E-state index in [1.807, 2.05) is 0 Å². The Morgan fingerprint density at radius 1 is 1.54 bits per heavy atom. The molecule has 2 aromatic heterocycles. The molecule has 0 saturated heterocycles. The molecule has 0 aliphatic heterocycles. The summed E-state index contributed by atoms with van der Waals surface area (Å²) in [6.07, 6.45) is 1.63.